The fourth-order valence-corrected chi connectivity index (χ4v) is 8.48. The lowest BCUT2D eigenvalue weighted by Crippen LogP contribution is -2.75. The maximum Gasteiger partial charge on any atom is 0.352 e. The van der Waals surface area contributed by atoms with Gasteiger partial charge in [-0.1, -0.05) is 31.2 Å². The molecule has 0 spiro atoms. The Bertz CT molecular complexity index is 1600. The number of aliphatic hydroxyl groups is 1. The largest absolute Gasteiger partial charge is 0.477 e. The lowest BCUT2D eigenvalue weighted by Gasteiger charge is -2.55. The lowest BCUT2D eigenvalue weighted by molar-refractivity contribution is -1.08. The molecular formula is C32H36N4O6+2. The predicted octanol–water partition coefficient (Wildman–Crippen LogP) is 1.20. The van der Waals surface area contributed by atoms with Crippen LogP contribution >= 0.6 is 0 Å². The zero-order valence-electron chi connectivity index (χ0n) is 23.9. The summed E-state index contributed by atoms with van der Waals surface area (Å²) in [4.78, 5) is 51.8. The van der Waals surface area contributed by atoms with E-state index >= 15 is 0 Å². The first kappa shape index (κ1) is 27.0. The second kappa shape index (κ2) is 9.07. The molecule has 2 bridgehead atoms. The zero-order valence-corrected chi connectivity index (χ0v) is 23.9. The number of carbonyl (C=O) groups excluding carboxylic acids is 3. The van der Waals surface area contributed by atoms with Crippen molar-refractivity contribution in [2.75, 3.05) is 45.8 Å². The third-order valence-corrected chi connectivity index (χ3v) is 10.7. The number of carboxylic acids is 1. The molecule has 2 aromatic carbocycles. The van der Waals surface area contributed by atoms with E-state index in [0.29, 0.717) is 28.8 Å². The van der Waals surface area contributed by atoms with Crippen LogP contribution in [-0.2, 0) is 20.9 Å². The molecule has 2 amide bonds. The highest BCUT2D eigenvalue weighted by atomic mass is 16.4. The first-order valence-electron chi connectivity index (χ1n) is 14.7. The number of nitrogens with zero attached hydrogens (tertiary/aromatic N) is 3. The quantitative estimate of drug-likeness (QED) is 0.287. The molecule has 0 unspecified atom stereocenters. The number of amides is 2. The number of aliphatic hydroxyl groups excluding tert-OH is 1. The number of nitrogens with two attached hydrogens (primary N) is 1. The Kier molecular flexibility index (Phi) is 5.83. The Morgan fingerprint density at radius 2 is 1.55 bits per heavy atom. The molecule has 10 nitrogen and oxygen atoms in total. The van der Waals surface area contributed by atoms with Crippen LogP contribution in [0, 0.1) is 11.8 Å². The summed E-state index contributed by atoms with van der Waals surface area (Å²) in [5.74, 6) is -2.84. The number of rotatable bonds is 7. The molecule has 4 atom stereocenters. The molecular weight excluding hydrogens is 536 g/mol. The number of benzene rings is 2. The number of hydrogen-bond donors (Lipinski definition) is 3. The van der Waals surface area contributed by atoms with Crippen molar-refractivity contribution in [3.05, 3.63) is 64.3 Å². The smallest absolute Gasteiger partial charge is 0.352 e. The summed E-state index contributed by atoms with van der Waals surface area (Å²) in [6, 6.07) is 11.2. The van der Waals surface area contributed by atoms with Crippen LogP contribution in [0.25, 0.3) is 16.7 Å². The summed E-state index contributed by atoms with van der Waals surface area (Å²) in [5, 5.41) is 20.2. The minimum atomic E-state index is -1.19. The first-order valence-corrected chi connectivity index (χ1v) is 14.7. The van der Waals surface area contributed by atoms with Gasteiger partial charge in [0, 0.05) is 22.6 Å². The molecule has 5 aliphatic heterocycles. The van der Waals surface area contributed by atoms with Gasteiger partial charge in [0.25, 0.3) is 5.91 Å². The molecule has 0 radical (unpaired) electrons. The predicted molar refractivity (Wildman–Crippen MR) is 152 cm³/mol. The molecule has 4 N–H and O–H groups in total. The van der Waals surface area contributed by atoms with Gasteiger partial charge in [-0.25, -0.2) is 4.79 Å². The number of ketones is 1. The van der Waals surface area contributed by atoms with Crippen LogP contribution in [0.15, 0.2) is 42.1 Å². The molecule has 1 aliphatic carbocycles. The fraction of sp³-hybridized carbons (Fsp3) is 0.438. The minimum absolute atomic E-state index is 0.0601. The maximum atomic E-state index is 13.8. The number of piperazine rings is 3. The zero-order chi connectivity index (χ0) is 29.7. The average molecular weight is 573 g/mol. The van der Waals surface area contributed by atoms with Gasteiger partial charge in [0.15, 0.2) is 12.3 Å². The van der Waals surface area contributed by atoms with Gasteiger partial charge in [-0.2, -0.15) is 0 Å². The van der Waals surface area contributed by atoms with Crippen LogP contribution < -0.4 is 5.73 Å². The van der Waals surface area contributed by atoms with E-state index in [9.17, 15) is 29.4 Å². The number of fused-ring (bicyclic) bond motifs is 7. The number of hydrogen-bond acceptors (Lipinski definition) is 5. The van der Waals surface area contributed by atoms with Gasteiger partial charge in [-0.3, -0.25) is 14.4 Å². The molecule has 10 heteroatoms. The van der Waals surface area contributed by atoms with Crippen LogP contribution in [0.1, 0.15) is 40.9 Å². The molecule has 0 saturated carbocycles. The van der Waals surface area contributed by atoms with Crippen LogP contribution in [-0.4, -0.2) is 106 Å². The van der Waals surface area contributed by atoms with Gasteiger partial charge in [-0.15, -0.1) is 0 Å². The van der Waals surface area contributed by atoms with Crippen LogP contribution in [0.5, 0.6) is 0 Å². The van der Waals surface area contributed by atoms with Gasteiger partial charge >= 0.3 is 5.97 Å². The first-order chi connectivity index (χ1) is 19.9. The minimum Gasteiger partial charge on any atom is -0.477 e. The Hall–Kier alpha value is -3.86. The molecule has 218 valence electrons. The standard InChI is InChI=1S/C32H34N4O6/c1-17-26(29(32(41)42)34-28(17)27(18(2)37)31(34)40)20-4-6-22-21-5-3-19(13-23(21)30(39)24(22)14-20)15-35-7-10-36(11-8-35,12-9-35)16-25(33)38/h3-6,13-14,17-18,27-28,37H,7-12,15-16H2,1-2H3,(H-2,33,38,41,42)/p+2/t17-,18+,27+,28+,35?,36?/m0/s1. The van der Waals surface area contributed by atoms with E-state index in [1.807, 2.05) is 31.2 Å². The van der Waals surface area contributed by atoms with Crippen LogP contribution in [0.4, 0.5) is 0 Å². The normalized spacial score (nSPS) is 31.5. The van der Waals surface area contributed by atoms with Gasteiger partial charge in [0.1, 0.15) is 51.5 Å². The van der Waals surface area contributed by atoms with Gasteiger partial charge in [0.05, 0.1) is 18.1 Å². The van der Waals surface area contributed by atoms with E-state index in [0.717, 1.165) is 71.5 Å². The molecule has 4 saturated heterocycles. The third kappa shape index (κ3) is 3.75. The molecule has 6 aliphatic rings. The molecule has 42 heavy (non-hydrogen) atoms. The van der Waals surface area contributed by atoms with Crippen molar-refractivity contribution in [1.29, 1.82) is 0 Å². The second-order valence-electron chi connectivity index (χ2n) is 13.1. The van der Waals surface area contributed by atoms with E-state index in [1.165, 1.54) is 4.90 Å². The average Bonchev–Trinajstić information content (AvgIpc) is 3.37. The molecule has 2 aromatic rings. The highest BCUT2D eigenvalue weighted by Crippen LogP contribution is 2.51. The number of aliphatic carboxylic acids is 1. The summed E-state index contributed by atoms with van der Waals surface area (Å²) in [6.45, 7) is 10.5. The Morgan fingerprint density at radius 3 is 2.14 bits per heavy atom. The molecule has 8 rings (SSSR count). The number of β-lactam (4-membered cyclic amide) rings is 1. The van der Waals surface area contributed by atoms with Crippen molar-refractivity contribution in [2.24, 2.45) is 17.6 Å². The van der Waals surface area contributed by atoms with E-state index in [-0.39, 0.29) is 29.2 Å². The van der Waals surface area contributed by atoms with Crippen molar-refractivity contribution in [1.82, 2.24) is 4.90 Å². The highest BCUT2D eigenvalue weighted by Gasteiger charge is 2.60. The van der Waals surface area contributed by atoms with Crippen molar-refractivity contribution < 1.29 is 38.4 Å². The monoisotopic (exact) mass is 572 g/mol. The number of carbonyl (C=O) groups is 4. The van der Waals surface area contributed by atoms with Crippen LogP contribution in [0.2, 0.25) is 0 Å². The van der Waals surface area contributed by atoms with E-state index in [4.69, 9.17) is 5.73 Å². The number of carboxylic acid groups (broad SMARTS) is 1. The lowest BCUT2D eigenvalue weighted by atomic mass is 9.76. The van der Waals surface area contributed by atoms with E-state index in [2.05, 4.69) is 6.07 Å². The molecule has 5 heterocycles. The van der Waals surface area contributed by atoms with Crippen molar-refractivity contribution in [2.45, 2.75) is 32.5 Å². The Labute approximate surface area is 243 Å². The summed E-state index contributed by atoms with van der Waals surface area (Å²) in [5.41, 5.74) is 10.6. The number of primary amides is 1. The second-order valence-corrected chi connectivity index (χ2v) is 13.1. The van der Waals surface area contributed by atoms with Crippen molar-refractivity contribution >= 4 is 29.1 Å². The topological polar surface area (TPSA) is 138 Å². The molecule has 0 aromatic heterocycles. The fourth-order valence-electron chi connectivity index (χ4n) is 8.48. The SMILES string of the molecule is C[C@@H](O)[C@H]1C(=O)N2C(C(=O)O)=C(c3ccc4c(c3)C(=O)c3cc(C[N+]56CC[N+](CC(N)=O)(CC5)CC6)ccc3-4)[C@H](C)[C@H]12. The molecule has 4 fully saturated rings. The van der Waals surface area contributed by atoms with E-state index < -0.39 is 24.0 Å². The third-order valence-electron chi connectivity index (χ3n) is 10.7. The van der Waals surface area contributed by atoms with E-state index in [1.54, 1.807) is 13.0 Å². The maximum absolute atomic E-state index is 13.8. The summed E-state index contributed by atoms with van der Waals surface area (Å²) >= 11 is 0. The highest BCUT2D eigenvalue weighted by molar-refractivity contribution is 6.22. The Balaban J connectivity index is 1.16. The number of quaternary nitrogens is 2. The van der Waals surface area contributed by atoms with Gasteiger partial charge in [-0.05, 0) is 41.3 Å². The van der Waals surface area contributed by atoms with Crippen molar-refractivity contribution in [3.8, 4) is 11.1 Å². The summed E-state index contributed by atoms with van der Waals surface area (Å²) in [6.07, 6.45) is -0.877. The van der Waals surface area contributed by atoms with Gasteiger partial charge < -0.3 is 29.8 Å². The van der Waals surface area contributed by atoms with Crippen molar-refractivity contribution in [3.63, 3.8) is 0 Å². The summed E-state index contributed by atoms with van der Waals surface area (Å²) < 4.78 is 1.75. The van der Waals surface area contributed by atoms with Crippen LogP contribution in [0.3, 0.4) is 0 Å². The van der Waals surface area contributed by atoms with Gasteiger partial charge in [0.2, 0.25) is 5.91 Å². The summed E-state index contributed by atoms with van der Waals surface area (Å²) in [7, 11) is 0. The Morgan fingerprint density at radius 1 is 0.952 bits per heavy atom.